The Kier molecular flexibility index (Phi) is 8.10. The van der Waals surface area contributed by atoms with Crippen LogP contribution < -0.4 is 0 Å². The Balaban J connectivity index is 1.91. The van der Waals surface area contributed by atoms with Crippen molar-refractivity contribution in [3.8, 4) is 0 Å². The third-order valence-corrected chi connectivity index (χ3v) is 7.58. The Bertz CT molecular complexity index is 1010. The Morgan fingerprint density at radius 2 is 2.00 bits per heavy atom. The van der Waals surface area contributed by atoms with E-state index >= 15 is 0 Å². The molecule has 0 unspecified atom stereocenters. The van der Waals surface area contributed by atoms with Gasteiger partial charge in [0.15, 0.2) is 0 Å². The minimum absolute atomic E-state index is 0.199. The van der Waals surface area contributed by atoms with Crippen molar-refractivity contribution < 1.29 is 48.3 Å². The molecule has 2 aliphatic carbocycles. The summed E-state index contributed by atoms with van der Waals surface area (Å²) < 4.78 is 21.8. The molecule has 10 heteroatoms. The van der Waals surface area contributed by atoms with Crippen LogP contribution in [-0.4, -0.2) is 71.7 Å². The fourth-order valence-corrected chi connectivity index (χ4v) is 5.79. The maximum atomic E-state index is 13.6. The van der Waals surface area contributed by atoms with Gasteiger partial charge in [0.25, 0.3) is 0 Å². The third-order valence-electron chi connectivity index (χ3n) is 7.58. The van der Waals surface area contributed by atoms with Crippen molar-refractivity contribution in [2.45, 2.75) is 70.2 Å². The number of esters is 4. The summed E-state index contributed by atoms with van der Waals surface area (Å²) in [6.07, 6.45) is 7.02. The number of carbonyl (C=O) groups excluding carboxylic acids is 4. The molecule has 0 aromatic rings. The fraction of sp³-hybridized carbons (Fsp3) is 0.615. The predicted molar refractivity (Wildman–Crippen MR) is 125 cm³/mol. The first kappa shape index (κ1) is 27.6. The maximum absolute atomic E-state index is 13.6. The first-order valence-electron chi connectivity index (χ1n) is 12.0. The molecule has 3 rings (SSSR count). The largest absolute Gasteiger partial charge is 0.466 e. The molecule has 1 heterocycles. The van der Waals surface area contributed by atoms with Gasteiger partial charge in [0, 0.05) is 24.0 Å². The molecule has 0 aromatic carbocycles. The summed E-state index contributed by atoms with van der Waals surface area (Å²) in [5.41, 5.74) is -2.74. The summed E-state index contributed by atoms with van der Waals surface area (Å²) in [5, 5.41) is 18.2. The number of aliphatic hydroxyl groups excluding tert-OH is 2. The molecule has 36 heavy (non-hydrogen) atoms. The molecule has 2 N–H and O–H groups in total. The van der Waals surface area contributed by atoms with Gasteiger partial charge in [-0.2, -0.15) is 0 Å². The van der Waals surface area contributed by atoms with E-state index < -0.39 is 53.2 Å². The topological polar surface area (TPSA) is 146 Å². The zero-order chi connectivity index (χ0) is 26.7. The van der Waals surface area contributed by atoms with Gasteiger partial charge in [-0.05, 0) is 52.0 Å². The molecule has 10 nitrogen and oxygen atoms in total. The van der Waals surface area contributed by atoms with Crippen LogP contribution in [0.1, 0.15) is 52.9 Å². The molecular weight excluding hydrogens is 472 g/mol. The van der Waals surface area contributed by atoms with Gasteiger partial charge >= 0.3 is 23.9 Å². The van der Waals surface area contributed by atoms with Gasteiger partial charge in [0.1, 0.15) is 29.3 Å². The number of cyclic esters (lactones) is 1. The van der Waals surface area contributed by atoms with E-state index in [2.05, 4.69) is 0 Å². The molecule has 0 amide bonds. The van der Waals surface area contributed by atoms with E-state index in [9.17, 15) is 24.3 Å². The van der Waals surface area contributed by atoms with Gasteiger partial charge in [0.05, 0.1) is 13.7 Å². The molecular formula is C26H34O10. The van der Waals surface area contributed by atoms with Crippen LogP contribution in [0.4, 0.5) is 0 Å². The normalized spacial score (nSPS) is 32.6. The van der Waals surface area contributed by atoms with E-state index in [-0.39, 0.29) is 37.4 Å². The lowest BCUT2D eigenvalue weighted by Crippen LogP contribution is -2.65. The summed E-state index contributed by atoms with van der Waals surface area (Å²) >= 11 is 0. The van der Waals surface area contributed by atoms with Gasteiger partial charge in [-0.1, -0.05) is 18.2 Å². The molecule has 5 atom stereocenters. The number of aliphatic hydroxyl groups is 2. The van der Waals surface area contributed by atoms with Crippen LogP contribution in [-0.2, 0) is 38.1 Å². The second kappa shape index (κ2) is 10.6. The molecule has 0 spiro atoms. The lowest BCUT2D eigenvalue weighted by Gasteiger charge is -2.54. The number of hydrogen-bond acceptors (Lipinski definition) is 10. The van der Waals surface area contributed by atoms with Crippen molar-refractivity contribution in [3.05, 3.63) is 35.5 Å². The average molecular weight is 507 g/mol. The lowest BCUT2D eigenvalue weighted by molar-refractivity contribution is -0.235. The summed E-state index contributed by atoms with van der Waals surface area (Å²) in [6.45, 7) is 3.71. The van der Waals surface area contributed by atoms with Crippen LogP contribution in [0.5, 0.6) is 0 Å². The first-order valence-corrected chi connectivity index (χ1v) is 12.0. The van der Waals surface area contributed by atoms with Gasteiger partial charge < -0.3 is 29.2 Å². The molecule has 0 radical (unpaired) electrons. The number of methoxy groups -OCH3 is 1. The minimum atomic E-state index is -1.17. The molecule has 198 valence electrons. The summed E-state index contributed by atoms with van der Waals surface area (Å²) in [7, 11) is 1.30. The van der Waals surface area contributed by atoms with E-state index in [0.29, 0.717) is 18.4 Å². The van der Waals surface area contributed by atoms with Crippen molar-refractivity contribution in [1.29, 1.82) is 0 Å². The van der Waals surface area contributed by atoms with Crippen LogP contribution in [0.15, 0.2) is 35.5 Å². The smallest absolute Gasteiger partial charge is 0.333 e. The van der Waals surface area contributed by atoms with E-state index in [4.69, 9.17) is 24.1 Å². The Labute approximate surface area is 209 Å². The Hall–Kier alpha value is -2.98. The van der Waals surface area contributed by atoms with Crippen LogP contribution in [0.2, 0.25) is 0 Å². The summed E-state index contributed by atoms with van der Waals surface area (Å²) in [4.78, 5) is 50.2. The fourth-order valence-electron chi connectivity index (χ4n) is 5.79. The summed E-state index contributed by atoms with van der Waals surface area (Å²) in [5.74, 6) is -2.54. The predicted octanol–water partition coefficient (Wildman–Crippen LogP) is 1.68. The third kappa shape index (κ3) is 4.84. The van der Waals surface area contributed by atoms with Gasteiger partial charge in [-0.3, -0.25) is 9.59 Å². The number of ether oxygens (including phenoxy) is 4. The zero-order valence-electron chi connectivity index (χ0n) is 21.1. The van der Waals surface area contributed by atoms with Crippen molar-refractivity contribution >= 4 is 23.9 Å². The van der Waals surface area contributed by atoms with Crippen molar-refractivity contribution in [2.75, 3.05) is 20.3 Å². The van der Waals surface area contributed by atoms with Crippen molar-refractivity contribution in [2.24, 2.45) is 11.3 Å². The van der Waals surface area contributed by atoms with E-state index in [1.165, 1.54) is 27.0 Å². The number of rotatable bonds is 8. The van der Waals surface area contributed by atoms with Gasteiger partial charge in [-0.15, -0.1) is 0 Å². The average Bonchev–Trinajstić information content (AvgIpc) is 2.98. The van der Waals surface area contributed by atoms with Gasteiger partial charge in [0.2, 0.25) is 0 Å². The Morgan fingerprint density at radius 1 is 1.28 bits per heavy atom. The quantitative estimate of drug-likeness (QED) is 0.216. The standard InChI is InChI=1S/C26H34O10/c1-16(21(30)34-15-19(29)14-27)6-5-10-24(3)20-9-12-25(23(32)36-24)11-7-18(22(31)33-4)8-13-26(20,25)35-17(2)28/h5-7,10,19-20,27,29H,8-9,11-15H2,1-4H3/b10-5+,16-6+/t19-,20+,24-,25-,26-/m1/s1. The summed E-state index contributed by atoms with van der Waals surface area (Å²) in [6, 6.07) is 0. The molecule has 3 aliphatic rings. The second-order valence-corrected chi connectivity index (χ2v) is 9.80. The van der Waals surface area contributed by atoms with Crippen molar-refractivity contribution in [1.82, 2.24) is 0 Å². The zero-order valence-corrected chi connectivity index (χ0v) is 21.1. The minimum Gasteiger partial charge on any atom is -0.466 e. The molecule has 1 saturated carbocycles. The number of hydrogen-bond donors (Lipinski definition) is 2. The second-order valence-electron chi connectivity index (χ2n) is 9.80. The lowest BCUT2D eigenvalue weighted by atomic mass is 9.62. The highest BCUT2D eigenvalue weighted by Gasteiger charge is 2.74. The first-order chi connectivity index (χ1) is 16.9. The molecule has 2 bridgehead atoms. The molecule has 1 aliphatic heterocycles. The van der Waals surface area contributed by atoms with Crippen LogP contribution in [0, 0.1) is 11.3 Å². The van der Waals surface area contributed by atoms with Crippen LogP contribution >= 0.6 is 0 Å². The maximum Gasteiger partial charge on any atom is 0.333 e. The monoisotopic (exact) mass is 506 g/mol. The SMILES string of the molecule is COC(=O)C1=CC[C@@]23CC[C@@H]([C@@](C)(/C=C/C=C(\C)C(=O)OC[C@H](O)CO)OC2=O)[C@]3(OC(C)=O)CC1. The highest BCUT2D eigenvalue weighted by Crippen LogP contribution is 2.65. The number of allylic oxidation sites excluding steroid dienone is 3. The van der Waals surface area contributed by atoms with Crippen LogP contribution in [0.25, 0.3) is 0 Å². The molecule has 2 fully saturated rings. The highest BCUT2D eigenvalue weighted by atomic mass is 16.6. The molecule has 0 aromatic heterocycles. The van der Waals surface area contributed by atoms with Crippen LogP contribution in [0.3, 0.4) is 0 Å². The van der Waals surface area contributed by atoms with Gasteiger partial charge in [-0.25, -0.2) is 9.59 Å². The van der Waals surface area contributed by atoms with E-state index in [1.807, 2.05) is 0 Å². The highest BCUT2D eigenvalue weighted by molar-refractivity contribution is 5.90. The molecule has 1 saturated heterocycles. The van der Waals surface area contributed by atoms with E-state index in [0.717, 1.165) is 0 Å². The number of carbonyl (C=O) groups is 4. The van der Waals surface area contributed by atoms with Crippen molar-refractivity contribution in [3.63, 3.8) is 0 Å². The Morgan fingerprint density at radius 3 is 2.64 bits per heavy atom. The van der Waals surface area contributed by atoms with E-state index in [1.54, 1.807) is 25.2 Å².